The molecule has 0 saturated heterocycles. The van der Waals surface area contributed by atoms with Crippen molar-refractivity contribution in [2.75, 3.05) is 20.3 Å². The molecule has 26 heavy (non-hydrogen) atoms. The van der Waals surface area contributed by atoms with Crippen LogP contribution in [0.5, 0.6) is 11.5 Å². The van der Waals surface area contributed by atoms with Gasteiger partial charge in [0.15, 0.2) is 11.5 Å². The van der Waals surface area contributed by atoms with Crippen molar-refractivity contribution >= 4 is 12.0 Å². The second kappa shape index (κ2) is 8.56. The molecule has 2 aromatic carbocycles. The van der Waals surface area contributed by atoms with E-state index in [1.165, 1.54) is 11.1 Å². The van der Waals surface area contributed by atoms with Crippen molar-refractivity contribution in [3.8, 4) is 11.5 Å². The fraction of sp³-hybridized carbons (Fsp3) is 0.318. The number of hydrogen-bond donors (Lipinski definition) is 0. The maximum Gasteiger partial charge on any atom is 0.246 e. The Hall–Kier alpha value is -2.75. The van der Waals surface area contributed by atoms with Gasteiger partial charge in [0.2, 0.25) is 5.91 Å². The van der Waals surface area contributed by atoms with Gasteiger partial charge in [-0.2, -0.15) is 0 Å². The average Bonchev–Trinajstić information content (AvgIpc) is 2.70. The minimum absolute atomic E-state index is 0.0322. The van der Waals surface area contributed by atoms with Gasteiger partial charge in [0.1, 0.15) is 0 Å². The summed E-state index contributed by atoms with van der Waals surface area (Å²) in [6.07, 6.45) is 5.32. The van der Waals surface area contributed by atoms with E-state index in [0.29, 0.717) is 18.9 Å². The van der Waals surface area contributed by atoms with Gasteiger partial charge in [0.05, 0.1) is 13.7 Å². The Balaban J connectivity index is 1.67. The minimum Gasteiger partial charge on any atom is -0.493 e. The third-order valence-electron chi connectivity index (χ3n) is 4.51. The van der Waals surface area contributed by atoms with Crippen LogP contribution in [0.3, 0.4) is 0 Å². The molecule has 0 atom stereocenters. The van der Waals surface area contributed by atoms with Crippen LogP contribution in [0, 0.1) is 0 Å². The minimum atomic E-state index is 0.0322. The predicted octanol–water partition coefficient (Wildman–Crippen LogP) is 4.08. The second-order valence-corrected chi connectivity index (χ2v) is 6.37. The molecule has 1 aliphatic rings. The van der Waals surface area contributed by atoms with Gasteiger partial charge < -0.3 is 14.4 Å². The van der Waals surface area contributed by atoms with E-state index in [2.05, 4.69) is 25.1 Å². The summed E-state index contributed by atoms with van der Waals surface area (Å²) in [6.45, 7) is 4.15. The SMILES string of the molecule is CCCOc1ccc(/C=C/C(=O)N2CCc3ccccc3C2)cc1OC. The fourth-order valence-corrected chi connectivity index (χ4v) is 3.08. The normalized spacial score (nSPS) is 13.5. The van der Waals surface area contributed by atoms with Crippen LogP contribution in [0.2, 0.25) is 0 Å². The predicted molar refractivity (Wildman–Crippen MR) is 103 cm³/mol. The lowest BCUT2D eigenvalue weighted by Gasteiger charge is -2.27. The number of benzene rings is 2. The molecule has 0 aromatic heterocycles. The molecule has 3 rings (SSSR count). The summed E-state index contributed by atoms with van der Waals surface area (Å²) in [5.41, 5.74) is 3.49. The van der Waals surface area contributed by atoms with Crippen molar-refractivity contribution < 1.29 is 14.3 Å². The zero-order valence-corrected chi connectivity index (χ0v) is 15.4. The number of amides is 1. The van der Waals surface area contributed by atoms with Gasteiger partial charge >= 0.3 is 0 Å². The monoisotopic (exact) mass is 351 g/mol. The summed E-state index contributed by atoms with van der Waals surface area (Å²) >= 11 is 0. The van der Waals surface area contributed by atoms with Gasteiger partial charge in [0.25, 0.3) is 0 Å². The van der Waals surface area contributed by atoms with Crippen LogP contribution < -0.4 is 9.47 Å². The number of carbonyl (C=O) groups is 1. The highest BCUT2D eigenvalue weighted by molar-refractivity contribution is 5.92. The van der Waals surface area contributed by atoms with Crippen molar-refractivity contribution in [1.29, 1.82) is 0 Å². The molecule has 0 N–H and O–H groups in total. The lowest BCUT2D eigenvalue weighted by atomic mass is 10.00. The Morgan fingerprint density at radius 3 is 2.73 bits per heavy atom. The fourth-order valence-electron chi connectivity index (χ4n) is 3.08. The number of fused-ring (bicyclic) bond motifs is 1. The molecule has 136 valence electrons. The van der Waals surface area contributed by atoms with Crippen LogP contribution >= 0.6 is 0 Å². The molecular formula is C22H25NO3. The molecule has 1 aliphatic heterocycles. The van der Waals surface area contributed by atoms with Crippen molar-refractivity contribution in [2.24, 2.45) is 0 Å². The highest BCUT2D eigenvalue weighted by Gasteiger charge is 2.18. The molecule has 2 aromatic rings. The van der Waals surface area contributed by atoms with Gasteiger partial charge in [0, 0.05) is 19.2 Å². The first-order chi connectivity index (χ1) is 12.7. The Morgan fingerprint density at radius 1 is 1.15 bits per heavy atom. The summed E-state index contributed by atoms with van der Waals surface area (Å²) in [6, 6.07) is 14.0. The maximum absolute atomic E-state index is 12.5. The lowest BCUT2D eigenvalue weighted by Crippen LogP contribution is -2.34. The van der Waals surface area contributed by atoms with Crippen LogP contribution in [0.25, 0.3) is 6.08 Å². The highest BCUT2D eigenvalue weighted by Crippen LogP contribution is 2.28. The summed E-state index contributed by atoms with van der Waals surface area (Å²) in [5, 5.41) is 0. The van der Waals surface area contributed by atoms with E-state index < -0.39 is 0 Å². The second-order valence-electron chi connectivity index (χ2n) is 6.37. The standard InChI is InChI=1S/C22H25NO3/c1-3-14-26-20-10-8-17(15-21(20)25-2)9-11-22(24)23-13-12-18-6-4-5-7-19(18)16-23/h4-11,15H,3,12-14,16H2,1-2H3/b11-9+. The first-order valence-electron chi connectivity index (χ1n) is 9.06. The maximum atomic E-state index is 12.5. The molecule has 1 heterocycles. The van der Waals surface area contributed by atoms with Crippen LogP contribution in [0.15, 0.2) is 48.5 Å². The van der Waals surface area contributed by atoms with Crippen molar-refractivity contribution in [3.05, 3.63) is 65.2 Å². The number of methoxy groups -OCH3 is 1. The third kappa shape index (κ3) is 4.26. The smallest absolute Gasteiger partial charge is 0.246 e. The third-order valence-corrected chi connectivity index (χ3v) is 4.51. The number of ether oxygens (including phenoxy) is 2. The van der Waals surface area contributed by atoms with Crippen LogP contribution in [-0.4, -0.2) is 31.1 Å². The molecule has 0 radical (unpaired) electrons. The number of carbonyl (C=O) groups excluding carboxylic acids is 1. The van der Waals surface area contributed by atoms with Crippen molar-refractivity contribution in [3.63, 3.8) is 0 Å². The Bertz CT molecular complexity index is 798. The van der Waals surface area contributed by atoms with Crippen molar-refractivity contribution in [2.45, 2.75) is 26.3 Å². The molecule has 0 spiro atoms. The Morgan fingerprint density at radius 2 is 1.96 bits per heavy atom. The molecule has 4 heteroatoms. The summed E-state index contributed by atoms with van der Waals surface area (Å²) in [4.78, 5) is 14.4. The van der Waals surface area contributed by atoms with Gasteiger partial charge in [-0.15, -0.1) is 0 Å². The van der Waals surface area contributed by atoms with E-state index in [9.17, 15) is 4.79 Å². The first kappa shape index (κ1) is 18.1. The van der Waals surface area contributed by atoms with Crippen molar-refractivity contribution in [1.82, 2.24) is 4.90 Å². The zero-order valence-electron chi connectivity index (χ0n) is 15.4. The molecule has 0 saturated carbocycles. The topological polar surface area (TPSA) is 38.8 Å². The quantitative estimate of drug-likeness (QED) is 0.736. The van der Waals surface area contributed by atoms with E-state index in [4.69, 9.17) is 9.47 Å². The van der Waals surface area contributed by atoms with Crippen LogP contribution in [-0.2, 0) is 17.8 Å². The molecule has 0 aliphatic carbocycles. The summed E-state index contributed by atoms with van der Waals surface area (Å²) < 4.78 is 11.1. The van der Waals surface area contributed by atoms with E-state index in [1.54, 1.807) is 13.2 Å². The van der Waals surface area contributed by atoms with Gasteiger partial charge in [-0.25, -0.2) is 0 Å². The number of nitrogens with zero attached hydrogens (tertiary/aromatic N) is 1. The summed E-state index contributed by atoms with van der Waals surface area (Å²) in [7, 11) is 1.62. The average molecular weight is 351 g/mol. The van der Waals surface area contributed by atoms with E-state index in [1.807, 2.05) is 35.2 Å². The molecule has 0 unspecified atom stereocenters. The Labute approximate surface area is 155 Å². The van der Waals surface area contributed by atoms with Gasteiger partial charge in [-0.05, 0) is 47.7 Å². The number of hydrogen-bond acceptors (Lipinski definition) is 3. The zero-order chi connectivity index (χ0) is 18.4. The van der Waals surface area contributed by atoms with Crippen LogP contribution in [0.1, 0.15) is 30.0 Å². The van der Waals surface area contributed by atoms with Gasteiger partial charge in [-0.1, -0.05) is 37.3 Å². The van der Waals surface area contributed by atoms with E-state index in [0.717, 1.165) is 30.7 Å². The molecular weight excluding hydrogens is 326 g/mol. The lowest BCUT2D eigenvalue weighted by molar-refractivity contribution is -0.126. The van der Waals surface area contributed by atoms with Gasteiger partial charge in [-0.3, -0.25) is 4.79 Å². The largest absolute Gasteiger partial charge is 0.493 e. The van der Waals surface area contributed by atoms with E-state index in [-0.39, 0.29) is 5.91 Å². The number of rotatable bonds is 6. The Kier molecular flexibility index (Phi) is 5.95. The molecule has 4 nitrogen and oxygen atoms in total. The molecule has 0 bridgehead atoms. The summed E-state index contributed by atoms with van der Waals surface area (Å²) in [5.74, 6) is 1.44. The molecule has 0 fully saturated rings. The van der Waals surface area contributed by atoms with E-state index >= 15 is 0 Å². The van der Waals surface area contributed by atoms with Crippen LogP contribution in [0.4, 0.5) is 0 Å². The molecule has 1 amide bonds. The highest BCUT2D eigenvalue weighted by atomic mass is 16.5. The first-order valence-corrected chi connectivity index (χ1v) is 9.06.